The summed E-state index contributed by atoms with van der Waals surface area (Å²) in [6.45, 7) is 8.10. The first-order valence-electron chi connectivity index (χ1n) is 13.0. The Labute approximate surface area is 228 Å². The average Bonchev–Trinajstić information content (AvgIpc) is 3.36. The van der Waals surface area contributed by atoms with Crippen LogP contribution in [0, 0.1) is 12.3 Å². The Morgan fingerprint density at radius 1 is 1.10 bits per heavy atom. The van der Waals surface area contributed by atoms with Gasteiger partial charge in [0.1, 0.15) is 35.4 Å². The minimum absolute atomic E-state index is 0.0120. The van der Waals surface area contributed by atoms with Gasteiger partial charge in [0.05, 0.1) is 18.6 Å². The van der Waals surface area contributed by atoms with Crippen molar-refractivity contribution in [3.8, 4) is 11.5 Å². The van der Waals surface area contributed by atoms with Gasteiger partial charge in [-0.3, -0.25) is 9.59 Å². The van der Waals surface area contributed by atoms with Gasteiger partial charge in [-0.25, -0.2) is 4.98 Å². The van der Waals surface area contributed by atoms with Crippen molar-refractivity contribution in [1.82, 2.24) is 10.3 Å². The monoisotopic (exact) mass is 527 g/mol. The van der Waals surface area contributed by atoms with Crippen LogP contribution in [-0.4, -0.2) is 23.8 Å². The van der Waals surface area contributed by atoms with Gasteiger partial charge in [-0.15, -0.1) is 0 Å². The number of furan rings is 1. The van der Waals surface area contributed by atoms with E-state index in [4.69, 9.17) is 13.9 Å². The van der Waals surface area contributed by atoms with E-state index in [1.165, 1.54) is 0 Å². The molecule has 1 aliphatic carbocycles. The number of hydrogen-bond acceptors (Lipinski definition) is 7. The van der Waals surface area contributed by atoms with E-state index in [1.54, 1.807) is 13.3 Å². The van der Waals surface area contributed by atoms with Crippen LogP contribution in [0.15, 0.2) is 81.7 Å². The number of carbonyl (C=O) groups is 2. The number of aryl methyl sites for hydroxylation is 1. The molecule has 8 nitrogen and oxygen atoms in total. The summed E-state index contributed by atoms with van der Waals surface area (Å²) in [5.41, 5.74) is 3.21. The molecule has 2 N–H and O–H groups in total. The Balaban J connectivity index is 1.47. The van der Waals surface area contributed by atoms with E-state index >= 15 is 0 Å². The Morgan fingerprint density at radius 2 is 1.85 bits per heavy atom. The summed E-state index contributed by atoms with van der Waals surface area (Å²) < 4.78 is 17.3. The first-order valence-corrected chi connectivity index (χ1v) is 13.0. The van der Waals surface area contributed by atoms with Gasteiger partial charge in [0.15, 0.2) is 5.78 Å². The van der Waals surface area contributed by atoms with Gasteiger partial charge in [0, 0.05) is 29.6 Å². The van der Waals surface area contributed by atoms with Crippen LogP contribution in [0.1, 0.15) is 56.6 Å². The number of nitrogens with one attached hydrogen (secondary N) is 2. The molecule has 39 heavy (non-hydrogen) atoms. The highest BCUT2D eigenvalue weighted by Crippen LogP contribution is 2.47. The number of amides is 1. The number of ether oxygens (including phenoxy) is 2. The molecule has 2 aromatic heterocycles. The van der Waals surface area contributed by atoms with Crippen molar-refractivity contribution in [2.75, 3.05) is 12.4 Å². The zero-order valence-electron chi connectivity index (χ0n) is 22.9. The lowest BCUT2D eigenvalue weighted by Gasteiger charge is -2.38. The molecule has 0 spiro atoms. The van der Waals surface area contributed by atoms with Crippen LogP contribution < -0.4 is 20.1 Å². The molecular weight excluding hydrogens is 494 g/mol. The lowest BCUT2D eigenvalue weighted by molar-refractivity contribution is -0.118. The van der Waals surface area contributed by atoms with Crippen LogP contribution in [-0.2, 0) is 16.2 Å². The lowest BCUT2D eigenvalue weighted by Crippen LogP contribution is -2.39. The number of Topliss-reactive ketones (excluding diaryl/α,β-unsaturated/α-hetero) is 1. The molecule has 0 fully saturated rings. The number of methoxy groups -OCH3 is 1. The standard InChI is InChI=1S/C31H33N3O5/c1-18-7-6-14-32-29(18)34-30(36)26-19(2)33-23-15-31(3,4)16-24(35)27(23)28(26)25-13-12-22(39-25)17-38-21-10-8-20(37-5)9-11-21/h6-14,28,33H,15-17H2,1-5H3,(H,32,34,36). The lowest BCUT2D eigenvalue weighted by atomic mass is 9.69. The van der Waals surface area contributed by atoms with E-state index in [1.807, 2.05) is 62.4 Å². The number of pyridine rings is 1. The molecule has 1 aromatic carbocycles. The Hall–Kier alpha value is -4.33. The molecule has 202 valence electrons. The highest BCUT2D eigenvalue weighted by molar-refractivity contribution is 6.09. The summed E-state index contributed by atoms with van der Waals surface area (Å²) in [5.74, 6) is 2.03. The zero-order chi connectivity index (χ0) is 27.7. The van der Waals surface area contributed by atoms with Crippen LogP contribution >= 0.6 is 0 Å². The fraction of sp³-hybridized carbons (Fsp3) is 0.323. The fourth-order valence-electron chi connectivity index (χ4n) is 5.27. The number of aromatic nitrogens is 1. The van der Waals surface area contributed by atoms with Crippen molar-refractivity contribution < 1.29 is 23.5 Å². The van der Waals surface area contributed by atoms with Gasteiger partial charge >= 0.3 is 0 Å². The van der Waals surface area contributed by atoms with Gasteiger partial charge in [-0.2, -0.15) is 0 Å². The highest BCUT2D eigenvalue weighted by atomic mass is 16.5. The molecule has 1 atom stereocenters. The number of hydrogen-bond donors (Lipinski definition) is 2. The molecule has 0 bridgehead atoms. The third-order valence-electron chi connectivity index (χ3n) is 7.13. The second-order valence-corrected chi connectivity index (χ2v) is 10.8. The average molecular weight is 528 g/mol. The molecule has 0 radical (unpaired) electrons. The quantitative estimate of drug-likeness (QED) is 0.399. The minimum Gasteiger partial charge on any atom is -0.497 e. The SMILES string of the molecule is COc1ccc(OCc2ccc(C3C(C(=O)Nc4ncccc4C)=C(C)NC4=C3C(=O)CC(C)(C)C4)o2)cc1. The molecule has 1 aliphatic heterocycles. The van der Waals surface area contributed by atoms with Gasteiger partial charge < -0.3 is 24.5 Å². The highest BCUT2D eigenvalue weighted by Gasteiger charge is 2.44. The molecular formula is C31H33N3O5. The maximum absolute atomic E-state index is 13.7. The smallest absolute Gasteiger partial charge is 0.255 e. The first kappa shape index (κ1) is 26.3. The van der Waals surface area contributed by atoms with Crippen molar-refractivity contribution in [1.29, 1.82) is 0 Å². The molecule has 3 aromatic rings. The normalized spacial score (nSPS) is 18.4. The Kier molecular flexibility index (Phi) is 7.04. The fourth-order valence-corrected chi connectivity index (χ4v) is 5.27. The van der Waals surface area contributed by atoms with Crippen LogP contribution in [0.3, 0.4) is 0 Å². The third-order valence-corrected chi connectivity index (χ3v) is 7.13. The van der Waals surface area contributed by atoms with Gasteiger partial charge in [0.25, 0.3) is 5.91 Å². The van der Waals surface area contributed by atoms with Gasteiger partial charge in [-0.05, 0) is 73.7 Å². The van der Waals surface area contributed by atoms with Crippen LogP contribution in [0.25, 0.3) is 0 Å². The van der Waals surface area contributed by atoms with Crippen LogP contribution in [0.4, 0.5) is 5.82 Å². The van der Waals surface area contributed by atoms with Crippen molar-refractivity contribution in [2.45, 2.75) is 53.1 Å². The summed E-state index contributed by atoms with van der Waals surface area (Å²) in [6, 6.07) is 14.6. The van der Waals surface area contributed by atoms with E-state index in [0.29, 0.717) is 52.8 Å². The Morgan fingerprint density at radius 3 is 2.56 bits per heavy atom. The maximum atomic E-state index is 13.7. The molecule has 1 unspecified atom stereocenters. The third kappa shape index (κ3) is 5.46. The second-order valence-electron chi connectivity index (χ2n) is 10.8. The maximum Gasteiger partial charge on any atom is 0.255 e. The van der Waals surface area contributed by atoms with E-state index in [-0.39, 0.29) is 23.7 Å². The van der Waals surface area contributed by atoms with E-state index < -0.39 is 5.92 Å². The first-order chi connectivity index (χ1) is 18.6. The number of rotatable bonds is 7. The minimum atomic E-state index is -0.649. The topological polar surface area (TPSA) is 103 Å². The number of ketones is 1. The van der Waals surface area contributed by atoms with Crippen molar-refractivity contribution in [3.05, 3.63) is 94.4 Å². The summed E-state index contributed by atoms with van der Waals surface area (Å²) in [6.07, 6.45) is 2.73. The molecule has 0 saturated carbocycles. The number of dihydropyridines is 1. The predicted molar refractivity (Wildman–Crippen MR) is 147 cm³/mol. The summed E-state index contributed by atoms with van der Waals surface area (Å²) >= 11 is 0. The molecule has 2 aliphatic rings. The summed E-state index contributed by atoms with van der Waals surface area (Å²) in [5, 5.41) is 6.32. The molecule has 1 amide bonds. The van der Waals surface area contributed by atoms with Crippen LogP contribution in [0.2, 0.25) is 0 Å². The second kappa shape index (κ2) is 10.4. The Bertz CT molecular complexity index is 1480. The molecule has 0 saturated heterocycles. The number of carbonyl (C=O) groups excluding carboxylic acids is 2. The van der Waals surface area contributed by atoms with E-state index in [0.717, 1.165) is 17.0 Å². The molecule has 3 heterocycles. The van der Waals surface area contributed by atoms with Gasteiger partial charge in [-0.1, -0.05) is 19.9 Å². The van der Waals surface area contributed by atoms with Gasteiger partial charge in [0.2, 0.25) is 0 Å². The van der Waals surface area contributed by atoms with Crippen LogP contribution in [0.5, 0.6) is 11.5 Å². The number of benzene rings is 1. The molecule has 5 rings (SSSR count). The summed E-state index contributed by atoms with van der Waals surface area (Å²) in [4.78, 5) is 31.6. The molecule has 8 heteroatoms. The summed E-state index contributed by atoms with van der Waals surface area (Å²) in [7, 11) is 1.61. The van der Waals surface area contributed by atoms with Crippen molar-refractivity contribution in [2.24, 2.45) is 5.41 Å². The van der Waals surface area contributed by atoms with Crippen molar-refractivity contribution >= 4 is 17.5 Å². The zero-order valence-corrected chi connectivity index (χ0v) is 22.9. The largest absolute Gasteiger partial charge is 0.497 e. The number of nitrogens with zero attached hydrogens (tertiary/aromatic N) is 1. The number of allylic oxidation sites excluding steroid dienone is 3. The predicted octanol–water partition coefficient (Wildman–Crippen LogP) is 5.81. The van der Waals surface area contributed by atoms with E-state index in [2.05, 4.69) is 29.5 Å². The van der Waals surface area contributed by atoms with Crippen molar-refractivity contribution in [3.63, 3.8) is 0 Å². The number of anilines is 1. The van der Waals surface area contributed by atoms with E-state index in [9.17, 15) is 9.59 Å².